The van der Waals surface area contributed by atoms with Crippen LogP contribution < -0.4 is 16.7 Å². The summed E-state index contributed by atoms with van der Waals surface area (Å²) in [4.78, 5) is 25.5. The Kier molecular flexibility index (Phi) is 3.21. The number of benzene rings is 1. The Morgan fingerprint density at radius 2 is 2.09 bits per heavy atom. The first kappa shape index (κ1) is 13.9. The second-order valence-electron chi connectivity index (χ2n) is 5.06. The van der Waals surface area contributed by atoms with Crippen LogP contribution in [0.5, 0.6) is 11.6 Å². The number of rotatable bonds is 2. The molecule has 8 nitrogen and oxygen atoms in total. The zero-order valence-corrected chi connectivity index (χ0v) is 11.7. The highest BCUT2D eigenvalue weighted by molar-refractivity contribution is 6.03. The topological polar surface area (TPSA) is 120 Å². The normalized spacial score (nSPS) is 17.1. The van der Waals surface area contributed by atoms with Gasteiger partial charge in [-0.25, -0.2) is 4.79 Å². The lowest BCUT2D eigenvalue weighted by Gasteiger charge is -2.10. The number of aromatic amines is 1. The molecule has 0 spiro atoms. The molecule has 114 valence electrons. The fourth-order valence-electron chi connectivity index (χ4n) is 2.40. The van der Waals surface area contributed by atoms with Crippen LogP contribution in [0, 0.1) is 0 Å². The first-order chi connectivity index (χ1) is 10.5. The van der Waals surface area contributed by atoms with Crippen LogP contribution in [0.4, 0.5) is 0 Å². The molecule has 3 rings (SSSR count). The van der Waals surface area contributed by atoms with Gasteiger partial charge in [-0.3, -0.25) is 14.3 Å². The number of phenols is 1. The average molecular weight is 302 g/mol. The fourth-order valence-corrected chi connectivity index (χ4v) is 2.40. The maximum Gasteiger partial charge on any atom is 0.330 e. The number of H-pyrrole nitrogens is 1. The monoisotopic (exact) mass is 302 g/mol. The van der Waals surface area contributed by atoms with E-state index in [2.05, 4.69) is 15.5 Å². The first-order valence-electron chi connectivity index (χ1n) is 6.61. The molecule has 0 saturated carbocycles. The van der Waals surface area contributed by atoms with E-state index in [4.69, 9.17) is 0 Å². The molecule has 2 heterocycles. The third kappa shape index (κ3) is 2.24. The van der Waals surface area contributed by atoms with Gasteiger partial charge in [-0.15, -0.1) is 0 Å². The lowest BCUT2D eigenvalue weighted by molar-refractivity contribution is 0.416. The molecule has 0 aliphatic carbocycles. The van der Waals surface area contributed by atoms with Crippen molar-refractivity contribution in [2.75, 3.05) is 0 Å². The Balaban J connectivity index is 1.95. The van der Waals surface area contributed by atoms with Crippen molar-refractivity contribution in [1.29, 1.82) is 0 Å². The van der Waals surface area contributed by atoms with Crippen molar-refractivity contribution < 1.29 is 10.2 Å². The molecular formula is C14H14N4O4. The Labute approximate surface area is 124 Å². The summed E-state index contributed by atoms with van der Waals surface area (Å²) in [6.07, 6.45) is 0.346. The van der Waals surface area contributed by atoms with Crippen LogP contribution >= 0.6 is 0 Å². The molecule has 0 amide bonds. The smallest absolute Gasteiger partial charge is 0.330 e. The summed E-state index contributed by atoms with van der Waals surface area (Å²) in [5, 5.41) is 23.6. The van der Waals surface area contributed by atoms with Crippen molar-refractivity contribution in [2.24, 2.45) is 12.1 Å². The van der Waals surface area contributed by atoms with Gasteiger partial charge in [-0.1, -0.05) is 12.1 Å². The van der Waals surface area contributed by atoms with Crippen LogP contribution in [0.15, 0.2) is 39.0 Å². The summed E-state index contributed by atoms with van der Waals surface area (Å²) >= 11 is 0. The van der Waals surface area contributed by atoms with Crippen LogP contribution in [0.2, 0.25) is 0 Å². The third-order valence-electron chi connectivity index (χ3n) is 3.61. The number of phenolic OH excluding ortho intramolecular Hbond substituents is 1. The van der Waals surface area contributed by atoms with Crippen LogP contribution in [0.3, 0.4) is 0 Å². The number of hydrogen-bond acceptors (Lipinski definition) is 6. The van der Waals surface area contributed by atoms with E-state index >= 15 is 0 Å². The summed E-state index contributed by atoms with van der Waals surface area (Å²) in [5.74, 6) is -0.290. The Bertz CT molecular complexity index is 881. The van der Waals surface area contributed by atoms with Gasteiger partial charge in [0, 0.05) is 13.5 Å². The van der Waals surface area contributed by atoms with Gasteiger partial charge < -0.3 is 15.6 Å². The molecule has 8 heteroatoms. The molecule has 0 bridgehead atoms. The van der Waals surface area contributed by atoms with Gasteiger partial charge in [-0.05, 0) is 17.7 Å². The second-order valence-corrected chi connectivity index (χ2v) is 5.06. The van der Waals surface area contributed by atoms with E-state index in [1.807, 2.05) is 6.07 Å². The minimum Gasteiger partial charge on any atom is -0.508 e. The molecule has 1 unspecified atom stereocenters. The van der Waals surface area contributed by atoms with Gasteiger partial charge >= 0.3 is 5.69 Å². The molecule has 1 aliphatic rings. The predicted molar refractivity (Wildman–Crippen MR) is 79.1 cm³/mol. The van der Waals surface area contributed by atoms with Crippen molar-refractivity contribution in [1.82, 2.24) is 15.0 Å². The van der Waals surface area contributed by atoms with Gasteiger partial charge in [-0.2, -0.15) is 5.10 Å². The lowest BCUT2D eigenvalue weighted by atomic mass is 10.00. The summed E-state index contributed by atoms with van der Waals surface area (Å²) in [6, 6.07) is 6.46. The van der Waals surface area contributed by atoms with Crippen LogP contribution in [-0.4, -0.2) is 25.5 Å². The average Bonchev–Trinajstić information content (AvgIpc) is 2.94. The van der Waals surface area contributed by atoms with E-state index < -0.39 is 17.1 Å². The molecular weight excluding hydrogens is 288 g/mol. The molecule has 2 aromatic rings. The van der Waals surface area contributed by atoms with Crippen LogP contribution in [0.25, 0.3) is 0 Å². The quantitative estimate of drug-likeness (QED) is 0.618. The minimum atomic E-state index is -0.692. The number of aromatic nitrogens is 2. The second kappa shape index (κ2) is 5.06. The van der Waals surface area contributed by atoms with Crippen LogP contribution in [-0.2, 0) is 7.05 Å². The summed E-state index contributed by atoms with van der Waals surface area (Å²) in [6.45, 7) is 0. The lowest BCUT2D eigenvalue weighted by Crippen LogP contribution is -2.32. The molecule has 22 heavy (non-hydrogen) atoms. The van der Waals surface area contributed by atoms with Crippen molar-refractivity contribution in [3.05, 3.63) is 56.2 Å². The molecule has 1 aliphatic heterocycles. The molecule has 1 aromatic heterocycles. The molecule has 4 N–H and O–H groups in total. The highest BCUT2D eigenvalue weighted by Crippen LogP contribution is 2.27. The number of nitrogens with zero attached hydrogens (tertiary/aromatic N) is 2. The standard InChI is InChI=1S/C14H14N4O4/c1-18-13(21)11(12(20)15-14(18)22)10-6-9(16-17-10)7-3-2-4-8(19)5-7/h2-5,9,16,19,21H,6H2,1H3,(H,15,20,22). The van der Waals surface area contributed by atoms with E-state index in [0.29, 0.717) is 12.1 Å². The Morgan fingerprint density at radius 3 is 2.82 bits per heavy atom. The molecule has 0 radical (unpaired) electrons. The summed E-state index contributed by atoms with van der Waals surface area (Å²) < 4.78 is 0.945. The van der Waals surface area contributed by atoms with Crippen molar-refractivity contribution in [3.8, 4) is 11.6 Å². The Hall–Kier alpha value is -3.03. The van der Waals surface area contributed by atoms with E-state index in [-0.39, 0.29) is 17.4 Å². The van der Waals surface area contributed by atoms with Gasteiger partial charge in [0.15, 0.2) is 0 Å². The predicted octanol–water partition coefficient (Wildman–Crippen LogP) is -0.0765. The van der Waals surface area contributed by atoms with Gasteiger partial charge in [0.1, 0.15) is 11.3 Å². The zero-order valence-electron chi connectivity index (χ0n) is 11.7. The third-order valence-corrected chi connectivity index (χ3v) is 3.61. The van der Waals surface area contributed by atoms with E-state index in [1.165, 1.54) is 7.05 Å². The van der Waals surface area contributed by atoms with Crippen molar-refractivity contribution in [3.63, 3.8) is 0 Å². The van der Waals surface area contributed by atoms with Gasteiger partial charge in [0.05, 0.1) is 11.8 Å². The minimum absolute atomic E-state index is 0.0303. The molecule has 0 saturated heterocycles. The highest BCUT2D eigenvalue weighted by Gasteiger charge is 2.26. The number of aromatic hydroxyl groups is 2. The van der Waals surface area contributed by atoms with Gasteiger partial charge in [0.25, 0.3) is 5.56 Å². The summed E-state index contributed by atoms with van der Waals surface area (Å²) in [7, 11) is 1.35. The molecule has 1 aromatic carbocycles. The highest BCUT2D eigenvalue weighted by atomic mass is 16.3. The first-order valence-corrected chi connectivity index (χ1v) is 6.61. The SMILES string of the molecule is Cn1c(O)c(C2=NNC(c3cccc(O)c3)C2)c(=O)[nH]c1=O. The fraction of sp³-hybridized carbons (Fsp3) is 0.214. The number of hydrazone groups is 1. The number of hydrogen-bond donors (Lipinski definition) is 4. The molecule has 0 fully saturated rings. The number of nitrogens with one attached hydrogen (secondary N) is 2. The van der Waals surface area contributed by atoms with Crippen molar-refractivity contribution in [2.45, 2.75) is 12.5 Å². The van der Waals surface area contributed by atoms with Crippen molar-refractivity contribution >= 4 is 5.71 Å². The van der Waals surface area contributed by atoms with E-state index in [0.717, 1.165) is 10.1 Å². The van der Waals surface area contributed by atoms with Gasteiger partial charge in [0.2, 0.25) is 5.88 Å². The zero-order chi connectivity index (χ0) is 15.9. The van der Waals surface area contributed by atoms with E-state index in [1.54, 1.807) is 18.2 Å². The maximum atomic E-state index is 11.9. The van der Waals surface area contributed by atoms with Crippen LogP contribution in [0.1, 0.15) is 23.6 Å². The maximum absolute atomic E-state index is 11.9. The molecule has 1 atom stereocenters. The van der Waals surface area contributed by atoms with E-state index in [9.17, 15) is 19.8 Å². The largest absolute Gasteiger partial charge is 0.508 e. The Morgan fingerprint density at radius 1 is 1.32 bits per heavy atom. The summed E-state index contributed by atoms with van der Waals surface area (Å²) in [5.41, 5.74) is 2.61.